The number of β-lactam (4-membered cyclic amide) rings is 1. The van der Waals surface area contributed by atoms with Crippen molar-refractivity contribution >= 4 is 41.0 Å². The molecule has 2 amide bonds. The van der Waals surface area contributed by atoms with Crippen LogP contribution in [0.3, 0.4) is 0 Å². The van der Waals surface area contributed by atoms with Crippen molar-refractivity contribution in [2.24, 2.45) is 0 Å². The van der Waals surface area contributed by atoms with Crippen LogP contribution in [0.4, 0.5) is 0 Å². The first-order chi connectivity index (χ1) is 23.3. The van der Waals surface area contributed by atoms with Gasteiger partial charge in [-0.05, 0) is 35.3 Å². The number of rotatable bonds is 15. The van der Waals surface area contributed by atoms with Gasteiger partial charge in [0, 0.05) is 11.4 Å². The van der Waals surface area contributed by atoms with Gasteiger partial charge in [-0.1, -0.05) is 127 Å². The van der Waals surface area contributed by atoms with Crippen molar-refractivity contribution < 1.29 is 28.6 Å². The maximum atomic E-state index is 13.7. The fourth-order valence-corrected chi connectivity index (χ4v) is 5.91. The van der Waals surface area contributed by atoms with Crippen molar-refractivity contribution in [3.05, 3.63) is 150 Å². The Bertz CT molecular complexity index is 1670. The lowest BCUT2D eigenvalue weighted by Gasteiger charge is -2.47. The third-order valence-corrected chi connectivity index (χ3v) is 8.74. The third kappa shape index (κ3) is 8.26. The number of hydrogen-bond donors (Lipinski definition) is 1. The minimum absolute atomic E-state index is 0.117. The topological polar surface area (TPSA) is 94.2 Å². The monoisotopic (exact) mass is 686 g/mol. The molecule has 1 N–H and O–H groups in total. The summed E-state index contributed by atoms with van der Waals surface area (Å²) in [6.45, 7) is 5.77. The molecule has 48 heavy (non-hydrogen) atoms. The van der Waals surface area contributed by atoms with Crippen molar-refractivity contribution in [3.8, 4) is 5.75 Å². The van der Waals surface area contributed by atoms with Crippen molar-refractivity contribution in [1.82, 2.24) is 10.2 Å². The van der Waals surface area contributed by atoms with Gasteiger partial charge in [-0.25, -0.2) is 4.79 Å². The zero-order valence-corrected chi connectivity index (χ0v) is 27.8. The lowest BCUT2D eigenvalue weighted by atomic mass is 9.98. The molecule has 1 aliphatic rings. The zero-order valence-electron chi connectivity index (χ0n) is 26.3. The molecular formula is C38H36Cl2N2O6. The number of nitrogens with zero attached hydrogens (tertiary/aromatic N) is 1. The molecule has 1 aliphatic heterocycles. The molecule has 8 nitrogen and oxygen atoms in total. The van der Waals surface area contributed by atoms with E-state index in [0.717, 1.165) is 27.2 Å². The van der Waals surface area contributed by atoms with Gasteiger partial charge in [-0.2, -0.15) is 0 Å². The van der Waals surface area contributed by atoms with Gasteiger partial charge in [0.1, 0.15) is 30.5 Å². The van der Waals surface area contributed by atoms with Gasteiger partial charge < -0.3 is 24.4 Å². The van der Waals surface area contributed by atoms with E-state index in [-0.39, 0.29) is 18.1 Å². The average Bonchev–Trinajstić information content (AvgIpc) is 3.13. The Balaban J connectivity index is 1.20. The highest BCUT2D eigenvalue weighted by molar-refractivity contribution is 6.27. The van der Waals surface area contributed by atoms with Crippen LogP contribution in [0.1, 0.15) is 41.4 Å². The third-order valence-electron chi connectivity index (χ3n) is 7.93. The van der Waals surface area contributed by atoms with E-state index in [0.29, 0.717) is 12.4 Å². The number of esters is 1. The standard InChI is InChI=1S/C38H36Cl2N2O6/c1-25(22-39)34(38(45)48-35(28-16-8-4-9-17-28)29-18-10-5-11-19-29)42-36(40)33(37(42)44)41-32(43)24-46-26(2)30-20-12-13-21-31(30)47-23-27-14-6-3-7-15-27/h3-21,26,33-36H,1,22-24H2,2H3,(H,41,43). The average molecular weight is 688 g/mol. The molecule has 0 aliphatic carbocycles. The molecule has 1 saturated heterocycles. The smallest absolute Gasteiger partial charge is 0.334 e. The predicted octanol–water partition coefficient (Wildman–Crippen LogP) is 6.73. The highest BCUT2D eigenvalue weighted by atomic mass is 35.5. The number of halogens is 2. The second kappa shape index (κ2) is 16.5. The highest BCUT2D eigenvalue weighted by Gasteiger charge is 2.53. The van der Waals surface area contributed by atoms with Crippen LogP contribution in [0.25, 0.3) is 0 Å². The van der Waals surface area contributed by atoms with E-state index < -0.39 is 47.6 Å². The number of hydrogen-bond acceptors (Lipinski definition) is 6. The summed E-state index contributed by atoms with van der Waals surface area (Å²) in [6, 6.07) is 33.4. The molecule has 1 heterocycles. The molecule has 0 radical (unpaired) electrons. The van der Waals surface area contributed by atoms with Crippen molar-refractivity contribution in [2.75, 3.05) is 12.5 Å². The molecule has 4 aromatic carbocycles. The van der Waals surface area contributed by atoms with Crippen LogP contribution in [0.5, 0.6) is 5.75 Å². The lowest BCUT2D eigenvalue weighted by molar-refractivity contribution is -0.165. The molecule has 5 rings (SSSR count). The SMILES string of the molecule is C=C(CCl)C(C(=O)OC(c1ccccc1)c1ccccc1)N1C(=O)C(NC(=O)COC(C)c2ccccc2OCc2ccccc2)C1Cl. The Morgan fingerprint density at radius 3 is 2.02 bits per heavy atom. The first kappa shape index (κ1) is 34.7. The summed E-state index contributed by atoms with van der Waals surface area (Å²) in [6.07, 6.45) is -1.24. The summed E-state index contributed by atoms with van der Waals surface area (Å²) in [5, 5.41) is 2.62. The number of amides is 2. The van der Waals surface area contributed by atoms with E-state index in [9.17, 15) is 14.4 Å². The van der Waals surface area contributed by atoms with Crippen molar-refractivity contribution in [2.45, 2.75) is 43.3 Å². The van der Waals surface area contributed by atoms with E-state index in [4.69, 9.17) is 37.4 Å². The van der Waals surface area contributed by atoms with Gasteiger partial charge in [0.25, 0.3) is 5.91 Å². The zero-order chi connectivity index (χ0) is 34.0. The Labute approximate surface area is 290 Å². The number of nitrogens with one attached hydrogen (secondary N) is 1. The summed E-state index contributed by atoms with van der Waals surface area (Å²) in [5.41, 5.74) is 2.45. The van der Waals surface area contributed by atoms with Gasteiger partial charge in [-0.15, -0.1) is 11.6 Å². The number of alkyl halides is 2. The van der Waals surface area contributed by atoms with E-state index in [2.05, 4.69) is 11.9 Å². The van der Waals surface area contributed by atoms with Gasteiger partial charge in [0.2, 0.25) is 5.91 Å². The predicted molar refractivity (Wildman–Crippen MR) is 184 cm³/mol. The van der Waals surface area contributed by atoms with E-state index in [1.807, 2.05) is 122 Å². The fraction of sp³-hybridized carbons (Fsp3) is 0.237. The van der Waals surface area contributed by atoms with E-state index in [1.54, 1.807) is 0 Å². The molecule has 248 valence electrons. The minimum atomic E-state index is -1.26. The van der Waals surface area contributed by atoms with Gasteiger partial charge in [-0.3, -0.25) is 9.59 Å². The van der Waals surface area contributed by atoms with Crippen molar-refractivity contribution in [3.63, 3.8) is 0 Å². The molecule has 0 saturated carbocycles. The summed E-state index contributed by atoms with van der Waals surface area (Å²) < 4.78 is 17.9. The Hall–Kier alpha value is -4.63. The lowest BCUT2D eigenvalue weighted by Crippen LogP contribution is -2.72. The molecule has 10 heteroatoms. The van der Waals surface area contributed by atoms with Gasteiger partial charge >= 0.3 is 5.97 Å². The number of carbonyl (C=O) groups excluding carboxylic acids is 3. The second-order valence-electron chi connectivity index (χ2n) is 11.3. The number of benzene rings is 4. The summed E-state index contributed by atoms with van der Waals surface area (Å²) in [7, 11) is 0. The minimum Gasteiger partial charge on any atom is -0.489 e. The summed E-state index contributed by atoms with van der Waals surface area (Å²) in [4.78, 5) is 41.1. The van der Waals surface area contributed by atoms with Crippen molar-refractivity contribution in [1.29, 1.82) is 0 Å². The molecule has 0 bridgehead atoms. The Morgan fingerprint density at radius 1 is 0.875 bits per heavy atom. The maximum absolute atomic E-state index is 13.7. The fourth-order valence-electron chi connectivity index (χ4n) is 5.38. The van der Waals surface area contributed by atoms with Crippen LogP contribution < -0.4 is 10.1 Å². The van der Waals surface area contributed by atoms with Crippen LogP contribution in [0.2, 0.25) is 0 Å². The molecule has 4 aromatic rings. The van der Waals surface area contributed by atoms with E-state index in [1.165, 1.54) is 0 Å². The largest absolute Gasteiger partial charge is 0.489 e. The van der Waals surface area contributed by atoms with Crippen LogP contribution in [0.15, 0.2) is 127 Å². The molecular weight excluding hydrogens is 651 g/mol. The quantitative estimate of drug-likeness (QED) is 0.0490. The molecule has 1 fully saturated rings. The number of likely N-dealkylation sites (tertiary alicyclic amines) is 1. The summed E-state index contributed by atoms with van der Waals surface area (Å²) in [5.74, 6) is -1.34. The molecule has 0 spiro atoms. The molecule has 0 aromatic heterocycles. The molecule has 4 atom stereocenters. The van der Waals surface area contributed by atoms with Gasteiger partial charge in [0.05, 0.1) is 6.10 Å². The first-order valence-electron chi connectivity index (χ1n) is 15.4. The van der Waals surface area contributed by atoms with Gasteiger partial charge in [0.15, 0.2) is 12.1 Å². The normalized spacial score (nSPS) is 16.8. The summed E-state index contributed by atoms with van der Waals surface area (Å²) >= 11 is 12.7. The van der Waals surface area contributed by atoms with Crippen LogP contribution in [-0.2, 0) is 30.5 Å². The highest BCUT2D eigenvalue weighted by Crippen LogP contribution is 2.33. The maximum Gasteiger partial charge on any atom is 0.334 e. The number of carbonyl (C=O) groups is 3. The Kier molecular flexibility index (Phi) is 11.9. The van der Waals surface area contributed by atoms with Crippen LogP contribution >= 0.6 is 23.2 Å². The number of para-hydroxylation sites is 1. The number of ether oxygens (including phenoxy) is 3. The van der Waals surface area contributed by atoms with Crippen LogP contribution in [0, 0.1) is 0 Å². The van der Waals surface area contributed by atoms with Crippen LogP contribution in [-0.4, -0.2) is 52.8 Å². The molecule has 4 unspecified atom stereocenters. The second-order valence-corrected chi connectivity index (χ2v) is 12.0. The Morgan fingerprint density at radius 2 is 1.44 bits per heavy atom. The first-order valence-corrected chi connectivity index (χ1v) is 16.4. The van der Waals surface area contributed by atoms with E-state index >= 15 is 0 Å².